The number of carbonyl (C=O) groups excluding carboxylic acids is 2. The van der Waals surface area contributed by atoms with E-state index in [1.54, 1.807) is 0 Å². The van der Waals surface area contributed by atoms with Gasteiger partial charge >= 0.3 is 11.9 Å². The van der Waals surface area contributed by atoms with Gasteiger partial charge in [0.2, 0.25) is 0 Å². The zero-order valence-electron chi connectivity index (χ0n) is 19.6. The van der Waals surface area contributed by atoms with Crippen molar-refractivity contribution in [2.75, 3.05) is 13.2 Å². The summed E-state index contributed by atoms with van der Waals surface area (Å²) in [4.78, 5) is 23.3. The molecule has 0 fully saturated rings. The number of carbonyl (C=O) groups is 2. The van der Waals surface area contributed by atoms with Crippen LogP contribution in [0.3, 0.4) is 0 Å². The molecule has 1 unspecified atom stereocenters. The van der Waals surface area contributed by atoms with Gasteiger partial charge in [0.1, 0.15) is 0 Å². The van der Waals surface area contributed by atoms with Crippen LogP contribution < -0.4 is 0 Å². The maximum absolute atomic E-state index is 11.8. The molecular formula is C25H48O4. The molecule has 0 aromatic rings. The first-order valence-electron chi connectivity index (χ1n) is 12.4. The number of hydrogen-bond acceptors (Lipinski definition) is 4. The van der Waals surface area contributed by atoms with Gasteiger partial charge in [-0.15, -0.1) is 0 Å². The first-order valence-corrected chi connectivity index (χ1v) is 12.4. The Morgan fingerprint density at radius 3 is 1.59 bits per heavy atom. The molecule has 0 amide bonds. The second-order valence-electron chi connectivity index (χ2n) is 8.42. The summed E-state index contributed by atoms with van der Waals surface area (Å²) in [6.45, 7) is 7.35. The standard InChI is InChI=1S/C25H48O4/c1-4-6-21-28-24(26)20-18-16-14-12-10-8-9-11-13-15-17-19-23(3)25(27)29-22-7-5-2/h23H,4-22H2,1-3H3. The lowest BCUT2D eigenvalue weighted by Crippen LogP contribution is -2.15. The van der Waals surface area contributed by atoms with Crippen LogP contribution in [0.2, 0.25) is 0 Å². The van der Waals surface area contributed by atoms with E-state index >= 15 is 0 Å². The van der Waals surface area contributed by atoms with Crippen molar-refractivity contribution in [1.29, 1.82) is 0 Å². The van der Waals surface area contributed by atoms with Gasteiger partial charge in [0.05, 0.1) is 19.1 Å². The largest absolute Gasteiger partial charge is 0.466 e. The minimum absolute atomic E-state index is 0.0214. The molecule has 0 radical (unpaired) electrons. The molecule has 0 aromatic carbocycles. The van der Waals surface area contributed by atoms with Gasteiger partial charge in [0.25, 0.3) is 0 Å². The van der Waals surface area contributed by atoms with Gasteiger partial charge < -0.3 is 9.47 Å². The Hall–Kier alpha value is -1.06. The Kier molecular flexibility index (Phi) is 20.9. The van der Waals surface area contributed by atoms with Crippen LogP contribution >= 0.6 is 0 Å². The second-order valence-corrected chi connectivity index (χ2v) is 8.42. The first-order chi connectivity index (χ1) is 14.1. The topological polar surface area (TPSA) is 52.6 Å². The average Bonchev–Trinajstić information content (AvgIpc) is 2.71. The molecule has 0 aromatic heterocycles. The van der Waals surface area contributed by atoms with Crippen molar-refractivity contribution in [1.82, 2.24) is 0 Å². The molecule has 4 heteroatoms. The van der Waals surface area contributed by atoms with Crippen LogP contribution in [0.15, 0.2) is 0 Å². The quantitative estimate of drug-likeness (QED) is 0.146. The summed E-state index contributed by atoms with van der Waals surface area (Å²) in [5.41, 5.74) is 0. The van der Waals surface area contributed by atoms with Crippen molar-refractivity contribution in [2.24, 2.45) is 5.92 Å². The predicted molar refractivity (Wildman–Crippen MR) is 121 cm³/mol. The smallest absolute Gasteiger partial charge is 0.308 e. The summed E-state index contributed by atoms with van der Waals surface area (Å²) in [7, 11) is 0. The third kappa shape index (κ3) is 20.0. The summed E-state index contributed by atoms with van der Waals surface area (Å²) >= 11 is 0. The highest BCUT2D eigenvalue weighted by molar-refractivity contribution is 5.71. The zero-order chi connectivity index (χ0) is 21.6. The average molecular weight is 413 g/mol. The molecule has 0 aliphatic heterocycles. The van der Waals surface area contributed by atoms with E-state index in [2.05, 4.69) is 13.8 Å². The Morgan fingerprint density at radius 2 is 1.07 bits per heavy atom. The van der Waals surface area contributed by atoms with Crippen LogP contribution in [-0.4, -0.2) is 25.2 Å². The molecule has 1 atom stereocenters. The molecule has 172 valence electrons. The van der Waals surface area contributed by atoms with Crippen molar-refractivity contribution in [3.63, 3.8) is 0 Å². The van der Waals surface area contributed by atoms with Crippen LogP contribution in [0.5, 0.6) is 0 Å². The minimum atomic E-state index is -0.0266. The Bertz CT molecular complexity index is 381. The van der Waals surface area contributed by atoms with Crippen molar-refractivity contribution < 1.29 is 19.1 Å². The molecule has 4 nitrogen and oxygen atoms in total. The van der Waals surface area contributed by atoms with E-state index in [-0.39, 0.29) is 17.9 Å². The Labute approximate surface area is 180 Å². The Balaban J connectivity index is 3.27. The number of ether oxygens (including phenoxy) is 2. The highest BCUT2D eigenvalue weighted by Gasteiger charge is 2.13. The van der Waals surface area contributed by atoms with Crippen molar-refractivity contribution in [3.8, 4) is 0 Å². The second kappa shape index (κ2) is 21.6. The summed E-state index contributed by atoms with van der Waals surface area (Å²) < 4.78 is 10.4. The van der Waals surface area contributed by atoms with Crippen molar-refractivity contribution in [2.45, 2.75) is 130 Å². The normalized spacial score (nSPS) is 12.0. The number of esters is 2. The molecule has 0 rings (SSSR count). The number of unbranched alkanes of at least 4 members (excludes halogenated alkanes) is 12. The molecular weight excluding hydrogens is 364 g/mol. The highest BCUT2D eigenvalue weighted by atomic mass is 16.5. The van der Waals surface area contributed by atoms with Crippen molar-refractivity contribution in [3.05, 3.63) is 0 Å². The van der Waals surface area contributed by atoms with Crippen LogP contribution in [0, 0.1) is 5.92 Å². The van der Waals surface area contributed by atoms with E-state index in [1.807, 2.05) is 6.92 Å². The fraction of sp³-hybridized carbons (Fsp3) is 0.920. The van der Waals surface area contributed by atoms with Gasteiger partial charge in [-0.3, -0.25) is 9.59 Å². The van der Waals surface area contributed by atoms with Crippen molar-refractivity contribution >= 4 is 11.9 Å². The van der Waals surface area contributed by atoms with Gasteiger partial charge in [-0.05, 0) is 25.7 Å². The van der Waals surface area contributed by atoms with Crippen LogP contribution in [0.25, 0.3) is 0 Å². The van der Waals surface area contributed by atoms with E-state index in [0.717, 1.165) is 51.4 Å². The molecule has 0 N–H and O–H groups in total. The van der Waals surface area contributed by atoms with Crippen LogP contribution in [0.4, 0.5) is 0 Å². The van der Waals surface area contributed by atoms with Crippen LogP contribution in [-0.2, 0) is 19.1 Å². The lowest BCUT2D eigenvalue weighted by atomic mass is 10.0. The summed E-state index contributed by atoms with van der Waals surface area (Å²) in [5, 5.41) is 0. The first kappa shape index (κ1) is 27.9. The van der Waals surface area contributed by atoms with E-state index < -0.39 is 0 Å². The Morgan fingerprint density at radius 1 is 0.621 bits per heavy atom. The third-order valence-corrected chi connectivity index (χ3v) is 5.42. The van der Waals surface area contributed by atoms with Gasteiger partial charge in [-0.25, -0.2) is 0 Å². The molecule has 29 heavy (non-hydrogen) atoms. The van der Waals surface area contributed by atoms with E-state index in [0.29, 0.717) is 19.6 Å². The zero-order valence-corrected chi connectivity index (χ0v) is 19.6. The monoisotopic (exact) mass is 412 g/mol. The predicted octanol–water partition coefficient (Wildman–Crippen LogP) is 7.38. The maximum Gasteiger partial charge on any atom is 0.308 e. The number of hydrogen-bond donors (Lipinski definition) is 0. The summed E-state index contributed by atoms with van der Waals surface area (Å²) in [6, 6.07) is 0. The lowest BCUT2D eigenvalue weighted by Gasteiger charge is -2.11. The molecule has 0 aliphatic rings. The van der Waals surface area contributed by atoms with Gasteiger partial charge in [0, 0.05) is 6.42 Å². The van der Waals surface area contributed by atoms with Crippen LogP contribution in [0.1, 0.15) is 130 Å². The third-order valence-electron chi connectivity index (χ3n) is 5.42. The van der Waals surface area contributed by atoms with Gasteiger partial charge in [0.15, 0.2) is 0 Å². The fourth-order valence-electron chi connectivity index (χ4n) is 3.29. The van der Waals surface area contributed by atoms with E-state index in [9.17, 15) is 9.59 Å². The number of rotatable bonds is 21. The summed E-state index contributed by atoms with van der Waals surface area (Å²) in [6.07, 6.45) is 19.1. The lowest BCUT2D eigenvalue weighted by molar-refractivity contribution is -0.148. The molecule has 0 aliphatic carbocycles. The molecule has 0 saturated heterocycles. The highest BCUT2D eigenvalue weighted by Crippen LogP contribution is 2.15. The van der Waals surface area contributed by atoms with Gasteiger partial charge in [-0.1, -0.05) is 97.8 Å². The molecule has 0 spiro atoms. The minimum Gasteiger partial charge on any atom is -0.466 e. The maximum atomic E-state index is 11.8. The van der Waals surface area contributed by atoms with E-state index in [1.165, 1.54) is 51.4 Å². The molecule has 0 heterocycles. The summed E-state index contributed by atoms with van der Waals surface area (Å²) in [5.74, 6) is -0.00174. The van der Waals surface area contributed by atoms with Gasteiger partial charge in [-0.2, -0.15) is 0 Å². The SMILES string of the molecule is CCCCOC(=O)CCCCCCCCCCCCCC(C)C(=O)OCCCC. The van der Waals surface area contributed by atoms with E-state index in [4.69, 9.17) is 9.47 Å². The molecule has 0 saturated carbocycles. The molecule has 0 bridgehead atoms. The fourth-order valence-corrected chi connectivity index (χ4v) is 3.29.